The lowest BCUT2D eigenvalue weighted by Crippen LogP contribution is -2.55. The standard InChI is InChI=1S/C23H19F3N6O2S/c1-34-8-7-30-19-4-3-15(9-14(19)12-29-30)32-21(35)31(20(33)22(32)5-2-6-22)16-10-17(23(24,25)26)18(11-27)28-13-16/h3-4,9-10,12-13H,2,5-8H2,1H3. The highest BCUT2D eigenvalue weighted by Gasteiger charge is 2.59. The lowest BCUT2D eigenvalue weighted by molar-refractivity contribution is -0.138. The number of alkyl halides is 3. The maximum atomic E-state index is 13.6. The van der Waals surface area contributed by atoms with E-state index in [1.54, 1.807) is 18.2 Å². The van der Waals surface area contributed by atoms with Gasteiger partial charge in [0.2, 0.25) is 0 Å². The van der Waals surface area contributed by atoms with Gasteiger partial charge in [-0.1, -0.05) is 0 Å². The van der Waals surface area contributed by atoms with E-state index in [9.17, 15) is 18.0 Å². The van der Waals surface area contributed by atoms with Gasteiger partial charge in [0, 0.05) is 18.2 Å². The van der Waals surface area contributed by atoms with Crippen LogP contribution in [0.3, 0.4) is 0 Å². The van der Waals surface area contributed by atoms with Crippen molar-refractivity contribution < 1.29 is 22.7 Å². The molecule has 2 aliphatic rings. The summed E-state index contributed by atoms with van der Waals surface area (Å²) in [7, 11) is 1.61. The van der Waals surface area contributed by atoms with Crippen LogP contribution in [0.25, 0.3) is 10.9 Å². The largest absolute Gasteiger partial charge is 0.419 e. The van der Waals surface area contributed by atoms with E-state index in [1.165, 1.54) is 6.07 Å². The van der Waals surface area contributed by atoms with Crippen LogP contribution in [0.4, 0.5) is 24.5 Å². The number of hydrogen-bond acceptors (Lipinski definition) is 6. The van der Waals surface area contributed by atoms with Gasteiger partial charge in [-0.3, -0.25) is 14.4 Å². The number of carbonyl (C=O) groups is 1. The smallest absolute Gasteiger partial charge is 0.383 e. The van der Waals surface area contributed by atoms with Gasteiger partial charge in [0.15, 0.2) is 10.8 Å². The van der Waals surface area contributed by atoms with Gasteiger partial charge in [-0.25, -0.2) is 4.98 Å². The van der Waals surface area contributed by atoms with Crippen LogP contribution in [0.15, 0.2) is 36.7 Å². The van der Waals surface area contributed by atoms with Crippen molar-refractivity contribution >= 4 is 45.5 Å². The molecular weight excluding hydrogens is 481 g/mol. The molecule has 0 radical (unpaired) electrons. The van der Waals surface area contributed by atoms with E-state index in [-0.39, 0.29) is 10.8 Å². The summed E-state index contributed by atoms with van der Waals surface area (Å²) >= 11 is 5.65. The molecule has 1 aromatic carbocycles. The number of rotatable bonds is 5. The van der Waals surface area contributed by atoms with Crippen molar-refractivity contribution in [3.8, 4) is 6.07 Å². The molecule has 1 spiro atoms. The van der Waals surface area contributed by atoms with Gasteiger partial charge in [-0.2, -0.15) is 23.5 Å². The van der Waals surface area contributed by atoms with Gasteiger partial charge in [0.1, 0.15) is 11.6 Å². The Morgan fingerprint density at radius 3 is 2.63 bits per heavy atom. The molecule has 1 amide bonds. The molecule has 3 aromatic rings. The summed E-state index contributed by atoms with van der Waals surface area (Å²) < 4.78 is 47.6. The Morgan fingerprint density at radius 2 is 2.00 bits per heavy atom. The van der Waals surface area contributed by atoms with Gasteiger partial charge < -0.3 is 9.64 Å². The monoisotopic (exact) mass is 500 g/mol. The van der Waals surface area contributed by atoms with Gasteiger partial charge in [-0.05, 0) is 55.7 Å². The zero-order valence-corrected chi connectivity index (χ0v) is 19.4. The number of thiocarbonyl (C=S) groups is 1. The van der Waals surface area contributed by atoms with Crippen molar-refractivity contribution in [2.75, 3.05) is 23.5 Å². The average Bonchev–Trinajstić information content (AvgIpc) is 3.31. The maximum absolute atomic E-state index is 13.6. The second kappa shape index (κ2) is 8.28. The zero-order valence-electron chi connectivity index (χ0n) is 18.5. The van der Waals surface area contributed by atoms with Gasteiger partial charge in [-0.15, -0.1) is 0 Å². The molecule has 8 nitrogen and oxygen atoms in total. The fraction of sp³-hybridized carbons (Fsp3) is 0.348. The molecule has 0 N–H and O–H groups in total. The van der Waals surface area contributed by atoms with Crippen LogP contribution in [-0.4, -0.2) is 45.0 Å². The first kappa shape index (κ1) is 23.2. The Morgan fingerprint density at radius 1 is 1.23 bits per heavy atom. The number of pyridine rings is 1. The van der Waals surface area contributed by atoms with E-state index in [0.29, 0.717) is 31.7 Å². The third kappa shape index (κ3) is 3.54. The molecule has 3 heterocycles. The lowest BCUT2D eigenvalue weighted by atomic mass is 9.75. The van der Waals surface area contributed by atoms with Crippen LogP contribution in [0, 0.1) is 11.3 Å². The number of amides is 1. The molecule has 5 rings (SSSR count). The van der Waals surface area contributed by atoms with Crippen LogP contribution >= 0.6 is 12.2 Å². The lowest BCUT2D eigenvalue weighted by Gasteiger charge is -2.43. The molecule has 1 saturated heterocycles. The SMILES string of the molecule is COCCn1ncc2cc(N3C(=S)N(c4cnc(C#N)c(C(F)(F)F)c4)C(=O)C34CCC4)ccc21. The highest BCUT2D eigenvalue weighted by molar-refractivity contribution is 7.81. The minimum atomic E-state index is -4.81. The van der Waals surface area contributed by atoms with E-state index in [4.69, 9.17) is 22.2 Å². The first-order valence-electron chi connectivity index (χ1n) is 10.8. The van der Waals surface area contributed by atoms with Crippen LogP contribution in [0.2, 0.25) is 0 Å². The third-order valence-electron chi connectivity index (χ3n) is 6.53. The minimum absolute atomic E-state index is 0.0699. The number of aromatic nitrogens is 3. The Labute approximate surface area is 203 Å². The predicted octanol–water partition coefficient (Wildman–Crippen LogP) is 4.03. The Hall–Kier alpha value is -3.56. The molecule has 1 aliphatic heterocycles. The normalized spacial score (nSPS) is 17.3. The Balaban J connectivity index is 1.56. The number of hydrogen-bond donors (Lipinski definition) is 0. The quantitative estimate of drug-likeness (QED) is 0.489. The molecule has 2 fully saturated rings. The topological polar surface area (TPSA) is 87.3 Å². The molecule has 35 heavy (non-hydrogen) atoms. The molecule has 0 unspecified atom stereocenters. The zero-order chi connectivity index (χ0) is 25.0. The fourth-order valence-corrected chi connectivity index (χ4v) is 5.13. The highest BCUT2D eigenvalue weighted by atomic mass is 32.1. The number of methoxy groups -OCH3 is 1. The summed E-state index contributed by atoms with van der Waals surface area (Å²) in [4.78, 5) is 20.1. The van der Waals surface area contributed by atoms with E-state index >= 15 is 0 Å². The number of anilines is 2. The number of benzene rings is 1. The van der Waals surface area contributed by atoms with E-state index in [1.807, 2.05) is 22.9 Å². The van der Waals surface area contributed by atoms with Crippen LogP contribution < -0.4 is 9.80 Å². The number of nitrogens with zero attached hydrogens (tertiary/aromatic N) is 6. The number of halogens is 3. The highest BCUT2D eigenvalue weighted by Crippen LogP contribution is 2.48. The van der Waals surface area contributed by atoms with E-state index in [2.05, 4.69) is 10.1 Å². The molecule has 1 aliphatic carbocycles. The summed E-state index contributed by atoms with van der Waals surface area (Å²) in [6, 6.07) is 7.78. The number of nitriles is 1. The molecule has 1 saturated carbocycles. The predicted molar refractivity (Wildman–Crippen MR) is 125 cm³/mol. The fourth-order valence-electron chi connectivity index (χ4n) is 4.66. The van der Waals surface area contributed by atoms with Gasteiger partial charge in [0.05, 0.1) is 42.3 Å². The average molecular weight is 501 g/mol. The van der Waals surface area contributed by atoms with Crippen LogP contribution in [-0.2, 0) is 22.3 Å². The first-order valence-corrected chi connectivity index (χ1v) is 11.2. The summed E-state index contributed by atoms with van der Waals surface area (Å²) in [6.45, 7) is 1.07. The van der Waals surface area contributed by atoms with Crippen molar-refractivity contribution in [2.45, 2.75) is 37.5 Å². The third-order valence-corrected chi connectivity index (χ3v) is 6.89. The number of carbonyl (C=O) groups excluding carboxylic acids is 1. The second-order valence-corrected chi connectivity index (χ2v) is 8.81. The van der Waals surface area contributed by atoms with E-state index < -0.39 is 28.9 Å². The minimum Gasteiger partial charge on any atom is -0.383 e. The van der Waals surface area contributed by atoms with Crippen LogP contribution in [0.1, 0.15) is 30.5 Å². The van der Waals surface area contributed by atoms with Crippen LogP contribution in [0.5, 0.6) is 0 Å². The van der Waals surface area contributed by atoms with Crippen molar-refractivity contribution in [1.29, 1.82) is 5.26 Å². The Kier molecular flexibility index (Phi) is 5.49. The first-order chi connectivity index (χ1) is 16.7. The summed E-state index contributed by atoms with van der Waals surface area (Å²) in [6.07, 6.45) is -0.194. The Bertz CT molecular complexity index is 1390. The molecule has 0 bridgehead atoms. The number of ether oxygens (including phenoxy) is 1. The summed E-state index contributed by atoms with van der Waals surface area (Å²) in [5, 5.41) is 14.3. The van der Waals surface area contributed by atoms with Crippen molar-refractivity contribution in [3.05, 3.63) is 47.9 Å². The van der Waals surface area contributed by atoms with Crippen molar-refractivity contribution in [2.24, 2.45) is 0 Å². The van der Waals surface area contributed by atoms with Crippen molar-refractivity contribution in [1.82, 2.24) is 14.8 Å². The van der Waals surface area contributed by atoms with Gasteiger partial charge in [0.25, 0.3) is 5.91 Å². The number of fused-ring (bicyclic) bond motifs is 1. The van der Waals surface area contributed by atoms with Gasteiger partial charge >= 0.3 is 6.18 Å². The van der Waals surface area contributed by atoms with E-state index in [0.717, 1.165) is 34.5 Å². The summed E-state index contributed by atoms with van der Waals surface area (Å²) in [5.41, 5.74) is -1.52. The summed E-state index contributed by atoms with van der Waals surface area (Å²) in [5.74, 6) is -0.399. The maximum Gasteiger partial charge on any atom is 0.419 e. The molecule has 180 valence electrons. The van der Waals surface area contributed by atoms with Crippen molar-refractivity contribution in [3.63, 3.8) is 0 Å². The molecule has 2 aromatic heterocycles. The molecular formula is C23H19F3N6O2S. The molecule has 12 heteroatoms. The molecule has 0 atom stereocenters. The second-order valence-electron chi connectivity index (χ2n) is 8.45.